The van der Waals surface area contributed by atoms with Crippen molar-refractivity contribution in [2.45, 2.75) is 43.7 Å². The van der Waals surface area contributed by atoms with E-state index in [9.17, 15) is 8.42 Å². The monoisotopic (exact) mass is 323 g/mol. The van der Waals surface area contributed by atoms with E-state index in [-0.39, 0.29) is 5.03 Å². The Morgan fingerprint density at radius 2 is 2.14 bits per heavy atom. The number of hydrogen-bond donors (Lipinski definition) is 1. The van der Waals surface area contributed by atoms with Crippen molar-refractivity contribution in [2.75, 3.05) is 6.54 Å². The van der Waals surface area contributed by atoms with E-state index < -0.39 is 10.0 Å². The van der Waals surface area contributed by atoms with Gasteiger partial charge in [0.25, 0.3) is 10.0 Å². The van der Waals surface area contributed by atoms with Crippen LogP contribution in [0.15, 0.2) is 23.7 Å². The van der Waals surface area contributed by atoms with Gasteiger partial charge in [0, 0.05) is 44.1 Å². The second kappa shape index (κ2) is 5.85. The van der Waals surface area contributed by atoms with E-state index in [1.165, 1.54) is 31.8 Å². The summed E-state index contributed by atoms with van der Waals surface area (Å²) in [4.78, 5) is 8.37. The Hall–Kier alpha value is -1.67. The van der Waals surface area contributed by atoms with Crippen molar-refractivity contribution in [3.8, 4) is 0 Å². The van der Waals surface area contributed by atoms with Gasteiger partial charge in [0.1, 0.15) is 5.82 Å². The van der Waals surface area contributed by atoms with E-state index in [0.717, 1.165) is 11.5 Å². The Morgan fingerprint density at radius 1 is 1.36 bits per heavy atom. The van der Waals surface area contributed by atoms with Gasteiger partial charge in [-0.1, -0.05) is 6.42 Å². The molecule has 1 aliphatic carbocycles. The number of sulfonamides is 1. The molecule has 0 amide bonds. The summed E-state index contributed by atoms with van der Waals surface area (Å²) in [5.41, 5.74) is 1.07. The molecule has 2 aromatic rings. The van der Waals surface area contributed by atoms with Gasteiger partial charge in [-0.15, -0.1) is 0 Å². The summed E-state index contributed by atoms with van der Waals surface area (Å²) in [5.74, 6) is 1.61. The standard InChI is InChI=1S/C14H21N5O2S/c1-11-8-15-14(12-4-3-5-12)19(11)7-6-17-22(20,21)13-9-18(2)10-16-13/h8-10,12,17H,3-7H2,1-2H3. The molecule has 0 saturated heterocycles. The van der Waals surface area contributed by atoms with Crippen molar-refractivity contribution in [1.29, 1.82) is 0 Å². The maximum atomic E-state index is 12.1. The first-order chi connectivity index (χ1) is 10.5. The zero-order valence-electron chi connectivity index (χ0n) is 12.9. The molecule has 0 unspecified atom stereocenters. The van der Waals surface area contributed by atoms with Crippen molar-refractivity contribution in [3.05, 3.63) is 30.2 Å². The Kier molecular flexibility index (Phi) is 4.05. The molecule has 0 radical (unpaired) electrons. The lowest BCUT2D eigenvalue weighted by Gasteiger charge is -2.26. The van der Waals surface area contributed by atoms with E-state index in [0.29, 0.717) is 19.0 Å². The molecule has 0 spiro atoms. The molecule has 0 atom stereocenters. The van der Waals surface area contributed by atoms with Gasteiger partial charge in [-0.25, -0.2) is 23.1 Å². The molecule has 1 N–H and O–H groups in total. The second-order valence-corrected chi connectivity index (χ2v) is 7.53. The van der Waals surface area contributed by atoms with Crippen molar-refractivity contribution in [2.24, 2.45) is 7.05 Å². The third kappa shape index (κ3) is 2.93. The number of nitrogens with zero attached hydrogens (tertiary/aromatic N) is 4. The van der Waals surface area contributed by atoms with Crippen molar-refractivity contribution in [3.63, 3.8) is 0 Å². The first-order valence-corrected chi connectivity index (χ1v) is 8.95. The van der Waals surface area contributed by atoms with Gasteiger partial charge in [0.2, 0.25) is 0 Å². The highest BCUT2D eigenvalue weighted by atomic mass is 32.2. The fraction of sp³-hybridized carbons (Fsp3) is 0.571. The molecule has 3 rings (SSSR count). The van der Waals surface area contributed by atoms with Crippen LogP contribution in [-0.4, -0.2) is 34.1 Å². The van der Waals surface area contributed by atoms with Crippen LogP contribution in [0, 0.1) is 6.92 Å². The summed E-state index contributed by atoms with van der Waals surface area (Å²) in [7, 11) is -1.80. The summed E-state index contributed by atoms with van der Waals surface area (Å²) in [6, 6.07) is 0. The first-order valence-electron chi connectivity index (χ1n) is 7.47. The molecule has 0 bridgehead atoms. The number of aromatic nitrogens is 4. The Balaban J connectivity index is 1.65. The van der Waals surface area contributed by atoms with Crippen LogP contribution < -0.4 is 4.72 Å². The molecule has 8 heteroatoms. The molecule has 0 aromatic carbocycles. The topological polar surface area (TPSA) is 81.8 Å². The average molecular weight is 323 g/mol. The van der Waals surface area contributed by atoms with Gasteiger partial charge in [0.05, 0.1) is 6.33 Å². The molecular formula is C14H21N5O2S. The normalized spacial score (nSPS) is 15.9. The van der Waals surface area contributed by atoms with Crippen LogP contribution in [0.25, 0.3) is 0 Å². The van der Waals surface area contributed by atoms with Crippen LogP contribution in [0.1, 0.15) is 36.7 Å². The summed E-state index contributed by atoms with van der Waals surface area (Å²) in [6.45, 7) is 2.92. The maximum Gasteiger partial charge on any atom is 0.259 e. The lowest BCUT2D eigenvalue weighted by Crippen LogP contribution is -2.29. The van der Waals surface area contributed by atoms with Gasteiger partial charge >= 0.3 is 0 Å². The van der Waals surface area contributed by atoms with Crippen molar-refractivity contribution in [1.82, 2.24) is 23.8 Å². The molecular weight excluding hydrogens is 302 g/mol. The van der Waals surface area contributed by atoms with Gasteiger partial charge in [-0.3, -0.25) is 0 Å². The number of aryl methyl sites for hydroxylation is 2. The molecule has 22 heavy (non-hydrogen) atoms. The summed E-state index contributed by atoms with van der Waals surface area (Å²) in [6.07, 6.45) is 8.43. The third-order valence-corrected chi connectivity index (χ3v) is 5.49. The van der Waals surface area contributed by atoms with Crippen LogP contribution >= 0.6 is 0 Å². The van der Waals surface area contributed by atoms with Crippen LogP contribution in [0.4, 0.5) is 0 Å². The second-order valence-electron chi connectivity index (χ2n) is 5.81. The van der Waals surface area contributed by atoms with Crippen LogP contribution in [-0.2, 0) is 23.6 Å². The quantitative estimate of drug-likeness (QED) is 0.865. The van der Waals surface area contributed by atoms with E-state index in [4.69, 9.17) is 0 Å². The van der Waals surface area contributed by atoms with Crippen molar-refractivity contribution < 1.29 is 8.42 Å². The zero-order chi connectivity index (χ0) is 15.7. The van der Waals surface area contributed by atoms with E-state index in [1.54, 1.807) is 11.6 Å². The molecule has 1 aliphatic rings. The largest absolute Gasteiger partial charge is 0.339 e. The summed E-state index contributed by atoms with van der Waals surface area (Å²) in [5, 5.41) is 0.0524. The SMILES string of the molecule is Cc1cnc(C2CCC2)n1CCNS(=O)(=O)c1cn(C)cn1. The zero-order valence-corrected chi connectivity index (χ0v) is 13.7. The predicted molar refractivity (Wildman–Crippen MR) is 82.0 cm³/mol. The van der Waals surface area contributed by atoms with Gasteiger partial charge in [-0.05, 0) is 19.8 Å². The molecule has 2 aromatic heterocycles. The highest BCUT2D eigenvalue weighted by Gasteiger charge is 2.25. The van der Waals surface area contributed by atoms with Crippen LogP contribution in [0.2, 0.25) is 0 Å². The molecule has 120 valence electrons. The fourth-order valence-corrected chi connectivity index (χ4v) is 3.65. The molecule has 7 nitrogen and oxygen atoms in total. The number of rotatable bonds is 6. The molecule has 2 heterocycles. The third-order valence-electron chi connectivity index (χ3n) is 4.14. The Bertz CT molecular complexity index is 758. The lowest BCUT2D eigenvalue weighted by molar-refractivity contribution is 0.385. The van der Waals surface area contributed by atoms with Gasteiger partial charge in [-0.2, -0.15) is 0 Å². The number of nitrogens with one attached hydrogen (secondary N) is 1. The number of hydrogen-bond acceptors (Lipinski definition) is 4. The number of imidazole rings is 2. The molecule has 1 saturated carbocycles. The summed E-state index contributed by atoms with van der Waals surface area (Å²) >= 11 is 0. The minimum absolute atomic E-state index is 0.0524. The lowest BCUT2D eigenvalue weighted by atomic mass is 9.85. The van der Waals surface area contributed by atoms with Crippen LogP contribution in [0.5, 0.6) is 0 Å². The highest BCUT2D eigenvalue weighted by Crippen LogP contribution is 2.35. The van der Waals surface area contributed by atoms with Crippen LogP contribution in [0.3, 0.4) is 0 Å². The highest BCUT2D eigenvalue weighted by molar-refractivity contribution is 7.89. The average Bonchev–Trinajstić information content (AvgIpc) is 2.97. The fourth-order valence-electron chi connectivity index (χ4n) is 2.66. The van der Waals surface area contributed by atoms with E-state index in [1.807, 2.05) is 13.1 Å². The smallest absolute Gasteiger partial charge is 0.259 e. The Morgan fingerprint density at radius 3 is 2.73 bits per heavy atom. The summed E-state index contributed by atoms with van der Waals surface area (Å²) < 4.78 is 30.6. The van der Waals surface area contributed by atoms with Gasteiger partial charge < -0.3 is 9.13 Å². The minimum Gasteiger partial charge on any atom is -0.339 e. The van der Waals surface area contributed by atoms with E-state index in [2.05, 4.69) is 19.3 Å². The predicted octanol–water partition coefficient (Wildman–Crippen LogP) is 1.17. The molecule has 1 fully saturated rings. The van der Waals surface area contributed by atoms with Crippen molar-refractivity contribution >= 4 is 10.0 Å². The minimum atomic E-state index is -3.55. The maximum absolute atomic E-state index is 12.1. The Labute approximate surface area is 130 Å². The first kappa shape index (κ1) is 15.2. The van der Waals surface area contributed by atoms with Gasteiger partial charge in [0.15, 0.2) is 5.03 Å². The van der Waals surface area contributed by atoms with E-state index >= 15 is 0 Å². The molecule has 0 aliphatic heterocycles.